The molecule has 4 heteroatoms. The molecule has 18 heavy (non-hydrogen) atoms. The molecule has 2 rings (SSSR count). The van der Waals surface area contributed by atoms with Gasteiger partial charge in [-0.2, -0.15) is 0 Å². The molecule has 0 radical (unpaired) electrons. The van der Waals surface area contributed by atoms with Crippen molar-refractivity contribution in [2.45, 2.75) is 13.8 Å². The van der Waals surface area contributed by atoms with Crippen LogP contribution in [0.5, 0.6) is 0 Å². The minimum atomic E-state index is -0.321. The molecule has 0 bridgehead atoms. The van der Waals surface area contributed by atoms with Gasteiger partial charge in [-0.1, -0.05) is 13.8 Å². The molecule has 0 nitrogen and oxygen atoms in total. The molecule has 0 aliphatic carbocycles. The Labute approximate surface area is 134 Å². The third-order valence-corrected chi connectivity index (χ3v) is 5.78. The molecule has 0 unspecified atom stereocenters. The van der Waals surface area contributed by atoms with E-state index in [9.17, 15) is 0 Å². The molecule has 0 heterocycles. The SMILES string of the molecule is CC.[Cl-].[Cl-].[Pd+2][P](c1ccccc1)c1ccccc1. The van der Waals surface area contributed by atoms with Crippen molar-refractivity contribution in [3.63, 3.8) is 0 Å². The molecule has 0 fully saturated rings. The van der Waals surface area contributed by atoms with Crippen LogP contribution in [0.15, 0.2) is 60.7 Å². The summed E-state index contributed by atoms with van der Waals surface area (Å²) in [5.74, 6) is 0. The van der Waals surface area contributed by atoms with E-state index in [1.54, 1.807) is 0 Å². The fourth-order valence-electron chi connectivity index (χ4n) is 1.25. The van der Waals surface area contributed by atoms with Crippen molar-refractivity contribution in [1.29, 1.82) is 0 Å². The van der Waals surface area contributed by atoms with E-state index in [2.05, 4.69) is 79.4 Å². The maximum atomic E-state index is 3.47. The van der Waals surface area contributed by atoms with Crippen molar-refractivity contribution < 1.29 is 43.5 Å². The summed E-state index contributed by atoms with van der Waals surface area (Å²) >= 11 is 3.47. The van der Waals surface area contributed by atoms with E-state index in [4.69, 9.17) is 0 Å². The van der Waals surface area contributed by atoms with Gasteiger partial charge in [0.25, 0.3) is 0 Å². The Bertz CT molecular complexity index is 356. The molecule has 0 atom stereocenters. The molecule has 0 spiro atoms. The van der Waals surface area contributed by atoms with E-state index in [0.29, 0.717) is 0 Å². The molecular formula is C14H16Cl2PPd. The third kappa shape index (κ3) is 6.33. The first-order chi connectivity index (χ1) is 7.88. The van der Waals surface area contributed by atoms with Crippen molar-refractivity contribution in [2.75, 3.05) is 0 Å². The van der Waals surface area contributed by atoms with E-state index >= 15 is 0 Å². The number of halogens is 2. The molecule has 0 aliphatic heterocycles. The Morgan fingerprint density at radius 3 is 1.22 bits per heavy atom. The van der Waals surface area contributed by atoms with Gasteiger partial charge in [-0.3, -0.25) is 0 Å². The summed E-state index contributed by atoms with van der Waals surface area (Å²) in [6.07, 6.45) is -0.321. The van der Waals surface area contributed by atoms with Crippen LogP contribution in [0.25, 0.3) is 0 Å². The van der Waals surface area contributed by atoms with Gasteiger partial charge in [-0.05, 0) is 0 Å². The van der Waals surface area contributed by atoms with Gasteiger partial charge in [0, 0.05) is 0 Å². The van der Waals surface area contributed by atoms with Crippen molar-refractivity contribution in [1.82, 2.24) is 0 Å². The fraction of sp³-hybridized carbons (Fsp3) is 0.143. The van der Waals surface area contributed by atoms with E-state index < -0.39 is 0 Å². The van der Waals surface area contributed by atoms with Crippen LogP contribution in [0.2, 0.25) is 0 Å². The number of benzene rings is 2. The summed E-state index contributed by atoms with van der Waals surface area (Å²) in [7, 11) is 0. The second kappa shape index (κ2) is 12.2. The molecule has 0 saturated heterocycles. The van der Waals surface area contributed by atoms with Gasteiger partial charge in [-0.15, -0.1) is 0 Å². The minimum absolute atomic E-state index is 0. The van der Waals surface area contributed by atoms with Gasteiger partial charge in [0.2, 0.25) is 0 Å². The van der Waals surface area contributed by atoms with Crippen LogP contribution in [0.3, 0.4) is 0 Å². The van der Waals surface area contributed by atoms with Crippen molar-refractivity contribution in [3.8, 4) is 0 Å². The van der Waals surface area contributed by atoms with Gasteiger partial charge in [0.1, 0.15) is 0 Å². The number of rotatable bonds is 2. The van der Waals surface area contributed by atoms with Crippen LogP contribution >= 0.6 is 6.11 Å². The quantitative estimate of drug-likeness (QED) is 0.396. The summed E-state index contributed by atoms with van der Waals surface area (Å²) in [5.41, 5.74) is 0. The summed E-state index contributed by atoms with van der Waals surface area (Å²) in [6.45, 7) is 4.00. The average molecular weight is 393 g/mol. The summed E-state index contributed by atoms with van der Waals surface area (Å²) in [4.78, 5) is 0. The van der Waals surface area contributed by atoms with Gasteiger partial charge in [0.15, 0.2) is 0 Å². The summed E-state index contributed by atoms with van der Waals surface area (Å²) < 4.78 is 0. The Kier molecular flexibility index (Phi) is 13.8. The fourth-order valence-corrected chi connectivity index (χ4v) is 3.77. The first-order valence-corrected chi connectivity index (χ1v) is 8.67. The van der Waals surface area contributed by atoms with E-state index in [1.165, 1.54) is 10.6 Å². The second-order valence-corrected chi connectivity index (χ2v) is 6.55. The van der Waals surface area contributed by atoms with Crippen molar-refractivity contribution in [2.24, 2.45) is 0 Å². The average Bonchev–Trinajstić information content (AvgIpc) is 2.42. The number of hydrogen-bond acceptors (Lipinski definition) is 0. The van der Waals surface area contributed by atoms with Gasteiger partial charge in [0.05, 0.1) is 0 Å². The topological polar surface area (TPSA) is 0 Å². The maximum absolute atomic E-state index is 3.47. The molecule has 0 N–H and O–H groups in total. The van der Waals surface area contributed by atoms with Crippen LogP contribution in [0.1, 0.15) is 13.8 Å². The third-order valence-electron chi connectivity index (χ3n) is 1.93. The molecule has 101 valence electrons. The van der Waals surface area contributed by atoms with Crippen molar-refractivity contribution in [3.05, 3.63) is 60.7 Å². The summed E-state index contributed by atoms with van der Waals surface area (Å²) in [5, 5.41) is 2.74. The monoisotopic (exact) mass is 391 g/mol. The van der Waals surface area contributed by atoms with Crippen LogP contribution in [-0.4, -0.2) is 0 Å². The van der Waals surface area contributed by atoms with Gasteiger partial charge >= 0.3 is 96.1 Å². The first-order valence-electron chi connectivity index (χ1n) is 5.41. The molecule has 0 saturated carbocycles. The standard InChI is InChI=1S/C12H10P.C2H6.2ClH.Pd/c1-3-7-11(8-4-1)13-12-9-5-2-6-10-12;1-2;;;/h1-10H;1-2H3;2*1H;/q-1;;;;+3/p-2. The second-order valence-electron chi connectivity index (χ2n) is 2.92. The Balaban J connectivity index is 0. The zero-order valence-electron chi connectivity index (χ0n) is 10.3. The van der Waals surface area contributed by atoms with E-state index in [0.717, 1.165) is 0 Å². The predicted molar refractivity (Wildman–Crippen MR) is 70.4 cm³/mol. The predicted octanol–water partition coefficient (Wildman–Crippen LogP) is -2.38. The van der Waals surface area contributed by atoms with Crippen LogP contribution in [0.4, 0.5) is 0 Å². The van der Waals surface area contributed by atoms with Crippen molar-refractivity contribution >= 4 is 16.7 Å². The first kappa shape index (κ1) is 20.4. The summed E-state index contributed by atoms with van der Waals surface area (Å²) in [6, 6.07) is 21.1. The normalized spacial score (nSPS) is 8.44. The van der Waals surface area contributed by atoms with Crippen LogP contribution in [0, 0.1) is 0 Å². The zero-order valence-corrected chi connectivity index (χ0v) is 14.3. The van der Waals surface area contributed by atoms with Crippen LogP contribution in [-0.2, 0) is 18.7 Å². The van der Waals surface area contributed by atoms with E-state index in [1.807, 2.05) is 13.8 Å². The molecule has 0 amide bonds. The Morgan fingerprint density at radius 1 is 0.667 bits per heavy atom. The molecule has 2 aromatic carbocycles. The Hall–Kier alpha value is 0.112. The van der Waals surface area contributed by atoms with Crippen LogP contribution < -0.4 is 35.4 Å². The molecule has 0 aliphatic rings. The van der Waals surface area contributed by atoms with Gasteiger partial charge < -0.3 is 24.8 Å². The zero-order chi connectivity index (χ0) is 11.8. The van der Waals surface area contributed by atoms with E-state index in [-0.39, 0.29) is 30.9 Å². The van der Waals surface area contributed by atoms with Gasteiger partial charge in [-0.25, -0.2) is 0 Å². The molecular weight excluding hydrogens is 376 g/mol. The Morgan fingerprint density at radius 2 is 0.944 bits per heavy atom. The molecule has 2 aromatic rings. The number of hydrogen-bond donors (Lipinski definition) is 0. The molecule has 0 aromatic heterocycles.